The molecule has 0 aliphatic carbocycles. The molecule has 2 rings (SSSR count). The molecule has 0 fully saturated rings. The Hall–Kier alpha value is -2.61. The van der Waals surface area contributed by atoms with Gasteiger partial charge in [-0.3, -0.25) is 4.79 Å². The molecule has 0 saturated carbocycles. The first-order chi connectivity index (χ1) is 10.5. The molecule has 0 spiro atoms. The Morgan fingerprint density at radius 1 is 1.23 bits per heavy atom. The highest BCUT2D eigenvalue weighted by atomic mass is 32.1. The van der Waals surface area contributed by atoms with Crippen molar-refractivity contribution in [3.8, 4) is 22.1 Å². The molecule has 7 nitrogen and oxygen atoms in total. The van der Waals surface area contributed by atoms with Crippen LogP contribution in [-0.2, 0) is 9.53 Å². The largest absolute Gasteiger partial charge is 0.493 e. The van der Waals surface area contributed by atoms with E-state index in [1.54, 1.807) is 30.7 Å². The molecule has 116 valence electrons. The van der Waals surface area contributed by atoms with Crippen molar-refractivity contribution < 1.29 is 23.8 Å². The number of methoxy groups -OCH3 is 2. The van der Waals surface area contributed by atoms with E-state index in [4.69, 9.17) is 19.9 Å². The molecule has 0 bridgehead atoms. The molecule has 1 aromatic heterocycles. The number of esters is 1. The minimum absolute atomic E-state index is 0.121. The topological polar surface area (TPSA) is 101 Å². The fourth-order valence-corrected chi connectivity index (χ4v) is 2.47. The van der Waals surface area contributed by atoms with Gasteiger partial charge in [-0.2, -0.15) is 0 Å². The second kappa shape index (κ2) is 6.90. The number of hydrogen-bond donors (Lipinski definition) is 1. The standard InChI is InChI=1S/C14H14N2O5S/c1-19-10-4-3-8(5-11(10)20-2)13-16-9(7-22-13)14(18)21-6-12(15)17/h3-5,7H,6H2,1-2H3,(H2,15,17). The lowest BCUT2D eigenvalue weighted by atomic mass is 10.2. The van der Waals surface area contributed by atoms with E-state index in [0.29, 0.717) is 16.5 Å². The van der Waals surface area contributed by atoms with E-state index in [1.165, 1.54) is 18.4 Å². The van der Waals surface area contributed by atoms with Crippen LogP contribution in [0.3, 0.4) is 0 Å². The van der Waals surface area contributed by atoms with Crippen molar-refractivity contribution in [3.05, 3.63) is 29.3 Å². The average molecular weight is 322 g/mol. The van der Waals surface area contributed by atoms with Crippen LogP contribution in [-0.4, -0.2) is 37.7 Å². The molecule has 0 aliphatic heterocycles. The van der Waals surface area contributed by atoms with Gasteiger partial charge in [0, 0.05) is 10.9 Å². The maximum Gasteiger partial charge on any atom is 0.358 e. The summed E-state index contributed by atoms with van der Waals surface area (Å²) in [6, 6.07) is 5.32. The van der Waals surface area contributed by atoms with Gasteiger partial charge in [0.2, 0.25) is 0 Å². The van der Waals surface area contributed by atoms with Crippen LogP contribution in [0.2, 0.25) is 0 Å². The number of benzene rings is 1. The molecule has 2 N–H and O–H groups in total. The molecule has 1 amide bonds. The number of amides is 1. The minimum Gasteiger partial charge on any atom is -0.493 e. The summed E-state index contributed by atoms with van der Waals surface area (Å²) in [6.07, 6.45) is 0. The Bertz CT molecular complexity index is 698. The van der Waals surface area contributed by atoms with Crippen LogP contribution in [0.4, 0.5) is 0 Å². The van der Waals surface area contributed by atoms with Gasteiger partial charge in [0.05, 0.1) is 14.2 Å². The summed E-state index contributed by atoms with van der Waals surface area (Å²) < 4.78 is 15.1. The van der Waals surface area contributed by atoms with Crippen LogP contribution < -0.4 is 15.2 Å². The molecule has 0 unspecified atom stereocenters. The minimum atomic E-state index is -0.719. The van der Waals surface area contributed by atoms with Crippen molar-refractivity contribution in [2.75, 3.05) is 20.8 Å². The molecule has 8 heteroatoms. The zero-order valence-electron chi connectivity index (χ0n) is 12.0. The van der Waals surface area contributed by atoms with Gasteiger partial charge in [0.1, 0.15) is 5.01 Å². The van der Waals surface area contributed by atoms with Gasteiger partial charge in [-0.25, -0.2) is 9.78 Å². The van der Waals surface area contributed by atoms with E-state index < -0.39 is 18.5 Å². The number of rotatable bonds is 6. The number of ether oxygens (including phenoxy) is 3. The first kappa shape index (κ1) is 15.8. The van der Waals surface area contributed by atoms with E-state index >= 15 is 0 Å². The number of carbonyl (C=O) groups excluding carboxylic acids is 2. The maximum absolute atomic E-state index is 11.7. The lowest BCUT2D eigenvalue weighted by Gasteiger charge is -2.08. The van der Waals surface area contributed by atoms with E-state index in [-0.39, 0.29) is 5.69 Å². The molecule has 1 aromatic carbocycles. The quantitative estimate of drug-likeness (QED) is 0.808. The Kier molecular flexibility index (Phi) is 4.95. The molecule has 22 heavy (non-hydrogen) atoms. The number of primary amides is 1. The van der Waals surface area contributed by atoms with Crippen LogP contribution in [0.25, 0.3) is 10.6 Å². The number of carbonyl (C=O) groups is 2. The Morgan fingerprint density at radius 2 is 1.95 bits per heavy atom. The zero-order valence-corrected chi connectivity index (χ0v) is 12.8. The number of nitrogens with two attached hydrogens (primary N) is 1. The predicted molar refractivity (Wildman–Crippen MR) is 80.1 cm³/mol. The van der Waals surface area contributed by atoms with Crippen molar-refractivity contribution in [2.24, 2.45) is 5.73 Å². The van der Waals surface area contributed by atoms with Gasteiger partial charge in [-0.1, -0.05) is 0 Å². The Morgan fingerprint density at radius 3 is 2.59 bits per heavy atom. The summed E-state index contributed by atoms with van der Waals surface area (Å²) in [5.74, 6) is -0.248. The van der Waals surface area contributed by atoms with Crippen molar-refractivity contribution in [1.82, 2.24) is 4.98 Å². The van der Waals surface area contributed by atoms with Crippen LogP contribution in [0, 0.1) is 0 Å². The SMILES string of the molecule is COc1ccc(-c2nc(C(=O)OCC(N)=O)cs2)cc1OC. The summed E-state index contributed by atoms with van der Waals surface area (Å²) in [6.45, 7) is -0.470. The van der Waals surface area contributed by atoms with Gasteiger partial charge >= 0.3 is 5.97 Å². The lowest BCUT2D eigenvalue weighted by Crippen LogP contribution is -2.21. The molecule has 0 radical (unpaired) electrons. The number of hydrogen-bond acceptors (Lipinski definition) is 7. The molecular weight excluding hydrogens is 308 g/mol. The van der Waals surface area contributed by atoms with Crippen LogP contribution in [0.1, 0.15) is 10.5 Å². The third kappa shape index (κ3) is 3.53. The number of thiazole rings is 1. The third-order valence-electron chi connectivity index (χ3n) is 2.69. The fourth-order valence-electron chi connectivity index (χ4n) is 1.68. The van der Waals surface area contributed by atoms with Gasteiger partial charge in [0.15, 0.2) is 23.8 Å². The van der Waals surface area contributed by atoms with E-state index in [2.05, 4.69) is 4.98 Å². The molecule has 1 heterocycles. The molecule has 0 atom stereocenters. The van der Waals surface area contributed by atoms with Gasteiger partial charge in [-0.15, -0.1) is 11.3 Å². The summed E-state index contributed by atoms with van der Waals surface area (Å²) in [5, 5.41) is 2.17. The Labute approximate surface area is 130 Å². The Balaban J connectivity index is 2.21. The first-order valence-electron chi connectivity index (χ1n) is 6.18. The highest BCUT2D eigenvalue weighted by Crippen LogP contribution is 2.33. The summed E-state index contributed by atoms with van der Waals surface area (Å²) >= 11 is 1.27. The average Bonchev–Trinajstić information content (AvgIpc) is 3.01. The third-order valence-corrected chi connectivity index (χ3v) is 3.58. The zero-order chi connectivity index (χ0) is 16.1. The summed E-state index contributed by atoms with van der Waals surface area (Å²) in [4.78, 5) is 26.5. The van der Waals surface area contributed by atoms with Gasteiger partial charge in [0.25, 0.3) is 5.91 Å². The number of nitrogens with zero attached hydrogens (tertiary/aromatic N) is 1. The molecular formula is C14H14N2O5S. The highest BCUT2D eigenvalue weighted by molar-refractivity contribution is 7.13. The van der Waals surface area contributed by atoms with Crippen LogP contribution in [0.15, 0.2) is 23.6 Å². The van der Waals surface area contributed by atoms with E-state index in [1.807, 2.05) is 0 Å². The lowest BCUT2D eigenvalue weighted by molar-refractivity contribution is -0.121. The maximum atomic E-state index is 11.7. The summed E-state index contributed by atoms with van der Waals surface area (Å²) in [7, 11) is 3.09. The predicted octanol–water partition coefficient (Wildman–Crippen LogP) is 1.47. The van der Waals surface area contributed by atoms with Crippen LogP contribution in [0.5, 0.6) is 11.5 Å². The molecule has 0 aliphatic rings. The molecule has 2 aromatic rings. The van der Waals surface area contributed by atoms with Crippen molar-refractivity contribution in [1.29, 1.82) is 0 Å². The van der Waals surface area contributed by atoms with Gasteiger partial charge in [-0.05, 0) is 18.2 Å². The number of aromatic nitrogens is 1. The smallest absolute Gasteiger partial charge is 0.358 e. The van der Waals surface area contributed by atoms with Crippen molar-refractivity contribution in [2.45, 2.75) is 0 Å². The van der Waals surface area contributed by atoms with E-state index in [0.717, 1.165) is 5.56 Å². The normalized spacial score (nSPS) is 10.1. The van der Waals surface area contributed by atoms with Crippen molar-refractivity contribution in [3.63, 3.8) is 0 Å². The van der Waals surface area contributed by atoms with Crippen LogP contribution >= 0.6 is 11.3 Å². The second-order valence-corrected chi connectivity index (χ2v) is 5.01. The van der Waals surface area contributed by atoms with E-state index in [9.17, 15) is 9.59 Å². The summed E-state index contributed by atoms with van der Waals surface area (Å²) in [5.41, 5.74) is 5.81. The first-order valence-corrected chi connectivity index (χ1v) is 7.06. The monoisotopic (exact) mass is 322 g/mol. The van der Waals surface area contributed by atoms with Crippen molar-refractivity contribution >= 4 is 23.2 Å². The second-order valence-electron chi connectivity index (χ2n) is 4.15. The van der Waals surface area contributed by atoms with Gasteiger partial charge < -0.3 is 19.9 Å². The highest BCUT2D eigenvalue weighted by Gasteiger charge is 2.15. The molecule has 0 saturated heterocycles. The fraction of sp³-hybridized carbons (Fsp3) is 0.214.